The van der Waals surface area contributed by atoms with Gasteiger partial charge in [0.05, 0.1) is 21.8 Å². The zero-order valence-corrected chi connectivity index (χ0v) is 16.5. The molecule has 0 saturated carbocycles. The molecule has 0 aliphatic heterocycles. The van der Waals surface area contributed by atoms with Crippen molar-refractivity contribution in [2.45, 2.75) is 0 Å². The number of nitrogens with zero attached hydrogens (tertiary/aromatic N) is 2. The Hall–Kier alpha value is -2.67. The van der Waals surface area contributed by atoms with Crippen LogP contribution in [0.15, 0.2) is 48.5 Å². The van der Waals surface area contributed by atoms with Crippen molar-refractivity contribution in [3.8, 4) is 16.9 Å². The van der Waals surface area contributed by atoms with Crippen molar-refractivity contribution in [3.05, 3.63) is 80.8 Å². The summed E-state index contributed by atoms with van der Waals surface area (Å²) in [5.74, 6) is -3.02. The van der Waals surface area contributed by atoms with E-state index >= 15 is 0 Å². The highest BCUT2D eigenvalue weighted by molar-refractivity contribution is 6.33. The van der Waals surface area contributed by atoms with Gasteiger partial charge in [0.25, 0.3) is 0 Å². The lowest BCUT2D eigenvalue weighted by Crippen LogP contribution is -2.05. The van der Waals surface area contributed by atoms with Gasteiger partial charge >= 0.3 is 5.97 Å². The van der Waals surface area contributed by atoms with E-state index in [1.54, 1.807) is 18.2 Å². The number of benzene rings is 3. The average molecular weight is 454 g/mol. The molecule has 0 aliphatic rings. The Morgan fingerprint density at radius 3 is 2.31 bits per heavy atom. The van der Waals surface area contributed by atoms with Crippen molar-refractivity contribution in [1.82, 2.24) is 9.78 Å². The molecular weight excluding hydrogens is 445 g/mol. The van der Waals surface area contributed by atoms with E-state index in [0.29, 0.717) is 15.9 Å². The maximum atomic E-state index is 14.5. The first-order valence-electron chi connectivity index (χ1n) is 8.12. The highest BCUT2D eigenvalue weighted by Gasteiger charge is 2.21. The van der Waals surface area contributed by atoms with Gasteiger partial charge in [-0.05, 0) is 42.5 Å². The zero-order valence-electron chi connectivity index (χ0n) is 14.3. The highest BCUT2D eigenvalue weighted by Crippen LogP contribution is 2.35. The smallest absolute Gasteiger partial charge is 0.338 e. The number of carboxylic acids is 1. The van der Waals surface area contributed by atoms with Crippen LogP contribution in [0.25, 0.3) is 27.8 Å². The minimum absolute atomic E-state index is 0.0359. The lowest BCUT2D eigenvalue weighted by molar-refractivity contribution is 0.0692. The SMILES string of the molecule is O=C(O)c1cc(Cl)c(-n2nc(-c3ccc(Cl)cc3F)c3cc(Cl)ccc32)cc1F. The molecular formula is C20H9Cl3F2N2O2. The largest absolute Gasteiger partial charge is 0.478 e. The van der Waals surface area contributed by atoms with Gasteiger partial charge in [0.15, 0.2) is 0 Å². The summed E-state index contributed by atoms with van der Waals surface area (Å²) in [6.45, 7) is 0. The van der Waals surface area contributed by atoms with E-state index in [0.717, 1.165) is 18.2 Å². The fraction of sp³-hybridized carbons (Fsp3) is 0. The molecule has 0 aliphatic carbocycles. The second-order valence-corrected chi connectivity index (χ2v) is 7.41. The summed E-state index contributed by atoms with van der Waals surface area (Å²) in [6.07, 6.45) is 0. The number of rotatable bonds is 3. The Kier molecular flexibility index (Phi) is 4.94. The molecule has 0 spiro atoms. The van der Waals surface area contributed by atoms with Crippen molar-refractivity contribution < 1.29 is 18.7 Å². The van der Waals surface area contributed by atoms with E-state index in [2.05, 4.69) is 5.10 Å². The minimum Gasteiger partial charge on any atom is -0.478 e. The molecule has 4 nitrogen and oxygen atoms in total. The van der Waals surface area contributed by atoms with Gasteiger partial charge in [-0.1, -0.05) is 34.8 Å². The predicted molar refractivity (Wildman–Crippen MR) is 108 cm³/mol. The summed E-state index contributed by atoms with van der Waals surface area (Å²) in [7, 11) is 0. The molecule has 4 rings (SSSR count). The average Bonchev–Trinajstić information content (AvgIpc) is 3.01. The lowest BCUT2D eigenvalue weighted by Gasteiger charge is -2.08. The van der Waals surface area contributed by atoms with E-state index in [-0.39, 0.29) is 27.0 Å². The fourth-order valence-electron chi connectivity index (χ4n) is 3.02. The number of carbonyl (C=O) groups is 1. The summed E-state index contributed by atoms with van der Waals surface area (Å²) in [4.78, 5) is 11.1. The number of hydrogen-bond donors (Lipinski definition) is 1. The number of halogens is 5. The van der Waals surface area contributed by atoms with Crippen molar-refractivity contribution in [1.29, 1.82) is 0 Å². The Balaban J connectivity index is 2.03. The van der Waals surface area contributed by atoms with Crippen LogP contribution in [0, 0.1) is 11.6 Å². The molecule has 9 heteroatoms. The fourth-order valence-corrected chi connectivity index (χ4v) is 3.59. The van der Waals surface area contributed by atoms with Gasteiger partial charge < -0.3 is 5.11 Å². The van der Waals surface area contributed by atoms with Gasteiger partial charge in [0, 0.05) is 27.1 Å². The van der Waals surface area contributed by atoms with Gasteiger partial charge in [-0.25, -0.2) is 18.3 Å². The molecule has 0 bridgehead atoms. The molecule has 0 amide bonds. The third kappa shape index (κ3) is 3.44. The number of aromatic nitrogens is 2. The van der Waals surface area contributed by atoms with Gasteiger partial charge in [-0.3, -0.25) is 0 Å². The highest BCUT2D eigenvalue weighted by atomic mass is 35.5. The van der Waals surface area contributed by atoms with E-state index in [4.69, 9.17) is 39.9 Å². The first-order chi connectivity index (χ1) is 13.8. The predicted octanol–water partition coefficient (Wildman–Crippen LogP) is 6.63. The normalized spacial score (nSPS) is 11.2. The molecule has 1 heterocycles. The van der Waals surface area contributed by atoms with Crippen LogP contribution in [0.4, 0.5) is 8.78 Å². The van der Waals surface area contributed by atoms with E-state index < -0.39 is 23.2 Å². The van der Waals surface area contributed by atoms with Crippen LogP contribution < -0.4 is 0 Å². The number of hydrogen-bond acceptors (Lipinski definition) is 2. The van der Waals surface area contributed by atoms with Crippen LogP contribution in [-0.2, 0) is 0 Å². The second kappa shape index (κ2) is 7.30. The zero-order chi connectivity index (χ0) is 20.9. The van der Waals surface area contributed by atoms with Crippen molar-refractivity contribution in [2.75, 3.05) is 0 Å². The molecule has 29 heavy (non-hydrogen) atoms. The first kappa shape index (κ1) is 19.6. The summed E-state index contributed by atoms with van der Waals surface area (Å²) < 4.78 is 30.1. The first-order valence-corrected chi connectivity index (χ1v) is 9.26. The maximum Gasteiger partial charge on any atom is 0.338 e. The molecule has 4 aromatic rings. The van der Waals surface area contributed by atoms with E-state index in [9.17, 15) is 13.6 Å². The van der Waals surface area contributed by atoms with Crippen molar-refractivity contribution in [2.24, 2.45) is 0 Å². The van der Waals surface area contributed by atoms with E-state index in [1.807, 2.05) is 0 Å². The number of aromatic carboxylic acids is 1. The van der Waals surface area contributed by atoms with Gasteiger partial charge in [0.2, 0.25) is 0 Å². The topological polar surface area (TPSA) is 55.1 Å². The third-order valence-corrected chi connectivity index (χ3v) is 5.10. The van der Waals surface area contributed by atoms with Crippen LogP contribution in [0.1, 0.15) is 10.4 Å². The Morgan fingerprint density at radius 1 is 0.931 bits per heavy atom. The van der Waals surface area contributed by atoms with Gasteiger partial charge in [-0.15, -0.1) is 0 Å². The molecule has 0 saturated heterocycles. The number of fused-ring (bicyclic) bond motifs is 1. The molecule has 0 atom stereocenters. The van der Waals surface area contributed by atoms with Crippen LogP contribution in [-0.4, -0.2) is 20.9 Å². The molecule has 0 fully saturated rings. The Bertz CT molecular complexity index is 1300. The van der Waals surface area contributed by atoms with Crippen LogP contribution in [0.5, 0.6) is 0 Å². The van der Waals surface area contributed by atoms with Gasteiger partial charge in [-0.2, -0.15) is 5.10 Å². The number of carboxylic acid groups (broad SMARTS) is 1. The monoisotopic (exact) mass is 452 g/mol. The Morgan fingerprint density at radius 2 is 1.62 bits per heavy atom. The second-order valence-electron chi connectivity index (χ2n) is 6.13. The Labute approximate surface area is 177 Å². The van der Waals surface area contributed by atoms with Crippen molar-refractivity contribution >= 4 is 51.7 Å². The van der Waals surface area contributed by atoms with E-state index in [1.165, 1.54) is 16.8 Å². The summed E-state index contributed by atoms with van der Waals surface area (Å²) in [5.41, 5.74) is 0.419. The lowest BCUT2D eigenvalue weighted by atomic mass is 10.1. The van der Waals surface area contributed by atoms with Gasteiger partial charge in [0.1, 0.15) is 17.3 Å². The molecule has 146 valence electrons. The third-order valence-electron chi connectivity index (χ3n) is 4.32. The minimum atomic E-state index is -1.45. The summed E-state index contributed by atoms with van der Waals surface area (Å²) in [5, 5.41) is 14.6. The van der Waals surface area contributed by atoms with Crippen LogP contribution in [0.2, 0.25) is 15.1 Å². The van der Waals surface area contributed by atoms with Crippen molar-refractivity contribution in [3.63, 3.8) is 0 Å². The molecule has 0 radical (unpaired) electrons. The molecule has 0 unspecified atom stereocenters. The van der Waals surface area contributed by atoms with Crippen LogP contribution in [0.3, 0.4) is 0 Å². The van der Waals surface area contributed by atoms with Crippen LogP contribution >= 0.6 is 34.8 Å². The molecule has 3 aromatic carbocycles. The summed E-state index contributed by atoms with van der Waals surface area (Å²) >= 11 is 18.2. The molecule has 1 aromatic heterocycles. The maximum absolute atomic E-state index is 14.5. The quantitative estimate of drug-likeness (QED) is 0.379. The standard InChI is InChI=1S/C20H9Cl3F2N2O2/c21-9-2-4-17-13(5-9)19(11-3-1-10(22)6-15(11)24)26-27(17)18-8-16(25)12(20(28)29)7-14(18)23/h1-8H,(H,28,29). The summed E-state index contributed by atoms with van der Waals surface area (Å²) in [6, 6.07) is 10.9. The molecule has 1 N–H and O–H groups in total.